The van der Waals surface area contributed by atoms with Crippen molar-refractivity contribution in [1.29, 1.82) is 0 Å². The first kappa shape index (κ1) is 18.0. The van der Waals surface area contributed by atoms with Gasteiger partial charge in [-0.05, 0) is 0 Å². The fourth-order valence-electron chi connectivity index (χ4n) is 2.40. The lowest BCUT2D eigenvalue weighted by Crippen LogP contribution is -2.59. The summed E-state index contributed by atoms with van der Waals surface area (Å²) >= 11 is 0. The van der Waals surface area contributed by atoms with E-state index in [1.807, 2.05) is 0 Å². The predicted octanol–water partition coefficient (Wildman–Crippen LogP) is -0.205. The average Bonchev–Trinajstić information content (AvgIpc) is 2.56. The maximum absolute atomic E-state index is 5.65. The molecule has 0 spiro atoms. The molecule has 2 heterocycles. The lowest BCUT2D eigenvalue weighted by molar-refractivity contribution is -0.331. The number of rotatable bonds is 10. The molecule has 22 heavy (non-hydrogen) atoms. The Morgan fingerprint density at radius 3 is 1.55 bits per heavy atom. The van der Waals surface area contributed by atoms with Gasteiger partial charge < -0.3 is 37.9 Å². The topological polar surface area (TPSA) is 73.8 Å². The molecule has 0 aromatic rings. The molecule has 0 N–H and O–H groups in total. The number of fused-ring (bicyclic) bond motifs is 1. The Morgan fingerprint density at radius 2 is 1.14 bits per heavy atom. The molecular weight excluding hydrogens is 296 g/mol. The Hall–Kier alpha value is -0.320. The van der Waals surface area contributed by atoms with Gasteiger partial charge in [-0.1, -0.05) is 0 Å². The van der Waals surface area contributed by atoms with Crippen LogP contribution in [0.3, 0.4) is 0 Å². The van der Waals surface area contributed by atoms with Crippen molar-refractivity contribution >= 4 is 0 Å². The third kappa shape index (κ3) is 5.39. The largest absolute Gasteiger partial charge is 0.382 e. The van der Waals surface area contributed by atoms with E-state index in [2.05, 4.69) is 0 Å². The van der Waals surface area contributed by atoms with Crippen LogP contribution in [-0.2, 0) is 37.9 Å². The number of hydrogen-bond acceptors (Lipinski definition) is 8. The van der Waals surface area contributed by atoms with Gasteiger partial charge in [0.05, 0.1) is 39.6 Å². The third-order valence-corrected chi connectivity index (χ3v) is 3.57. The Balaban J connectivity index is 1.77. The van der Waals surface area contributed by atoms with E-state index < -0.39 is 0 Å². The van der Waals surface area contributed by atoms with Gasteiger partial charge in [-0.3, -0.25) is 0 Å². The molecule has 0 saturated carbocycles. The standard InChI is InChI=1S/C14H26O8/c1-15-3-5-17-7-11-13-14(22-9-19-11)12(20-10-21-13)8-18-6-4-16-2/h11-14H,3-10H2,1-2H3/t11-,12-,13-,14-/m1/s1. The van der Waals surface area contributed by atoms with Crippen molar-refractivity contribution in [3.05, 3.63) is 0 Å². The SMILES string of the molecule is COCCOC[C@H]1OCO[C@H]2[C@@H]1OCO[C@@H]2COCCOC. The molecule has 0 amide bonds. The van der Waals surface area contributed by atoms with Gasteiger partial charge in [-0.15, -0.1) is 0 Å². The molecule has 2 rings (SSSR count). The monoisotopic (exact) mass is 322 g/mol. The molecular formula is C14H26O8. The first-order chi connectivity index (χ1) is 10.9. The molecule has 2 saturated heterocycles. The maximum atomic E-state index is 5.65. The van der Waals surface area contributed by atoms with Gasteiger partial charge in [0.1, 0.15) is 38.0 Å². The van der Waals surface area contributed by atoms with Crippen LogP contribution in [-0.4, -0.2) is 91.9 Å². The van der Waals surface area contributed by atoms with E-state index in [0.717, 1.165) is 0 Å². The molecule has 0 bridgehead atoms. The zero-order valence-electron chi connectivity index (χ0n) is 13.2. The van der Waals surface area contributed by atoms with Gasteiger partial charge in [-0.25, -0.2) is 0 Å². The molecule has 2 fully saturated rings. The highest BCUT2D eigenvalue weighted by atomic mass is 16.8. The van der Waals surface area contributed by atoms with E-state index in [4.69, 9.17) is 37.9 Å². The summed E-state index contributed by atoms with van der Waals surface area (Å²) in [5.74, 6) is 0. The first-order valence-corrected chi connectivity index (χ1v) is 7.46. The van der Waals surface area contributed by atoms with Gasteiger partial charge in [0.2, 0.25) is 0 Å². The number of methoxy groups -OCH3 is 2. The van der Waals surface area contributed by atoms with Crippen LogP contribution >= 0.6 is 0 Å². The van der Waals surface area contributed by atoms with E-state index >= 15 is 0 Å². The van der Waals surface area contributed by atoms with Crippen molar-refractivity contribution in [2.75, 3.05) is 67.4 Å². The van der Waals surface area contributed by atoms with E-state index in [1.165, 1.54) is 0 Å². The van der Waals surface area contributed by atoms with Crippen LogP contribution in [0.1, 0.15) is 0 Å². The van der Waals surface area contributed by atoms with Crippen molar-refractivity contribution in [3.8, 4) is 0 Å². The van der Waals surface area contributed by atoms with Crippen LogP contribution < -0.4 is 0 Å². The summed E-state index contributed by atoms with van der Waals surface area (Å²) < 4.78 is 43.4. The van der Waals surface area contributed by atoms with Gasteiger partial charge in [0.25, 0.3) is 0 Å². The van der Waals surface area contributed by atoms with Gasteiger partial charge in [-0.2, -0.15) is 0 Å². The molecule has 2 aliphatic heterocycles. The summed E-state index contributed by atoms with van der Waals surface area (Å²) in [6.07, 6.45) is -0.802. The summed E-state index contributed by atoms with van der Waals surface area (Å²) in [6.45, 7) is 3.41. The number of ether oxygens (including phenoxy) is 8. The summed E-state index contributed by atoms with van der Waals surface area (Å²) in [4.78, 5) is 0. The Morgan fingerprint density at radius 1 is 0.682 bits per heavy atom. The Kier molecular flexibility index (Phi) is 8.56. The second kappa shape index (κ2) is 10.5. The van der Waals surface area contributed by atoms with Crippen molar-refractivity contribution in [3.63, 3.8) is 0 Å². The van der Waals surface area contributed by atoms with E-state index in [0.29, 0.717) is 39.6 Å². The molecule has 8 nitrogen and oxygen atoms in total. The lowest BCUT2D eigenvalue weighted by atomic mass is 10.0. The molecule has 0 aromatic carbocycles. The van der Waals surface area contributed by atoms with Crippen molar-refractivity contribution < 1.29 is 37.9 Å². The second-order valence-electron chi connectivity index (χ2n) is 5.04. The van der Waals surface area contributed by atoms with Crippen LogP contribution in [0.5, 0.6) is 0 Å². The van der Waals surface area contributed by atoms with Gasteiger partial charge >= 0.3 is 0 Å². The maximum Gasteiger partial charge on any atom is 0.147 e. The smallest absolute Gasteiger partial charge is 0.147 e. The Labute approximate surface area is 130 Å². The fraction of sp³-hybridized carbons (Fsp3) is 1.00. The minimum atomic E-state index is -0.221. The van der Waals surface area contributed by atoms with Crippen LogP contribution in [0.2, 0.25) is 0 Å². The molecule has 0 radical (unpaired) electrons. The summed E-state index contributed by atoms with van der Waals surface area (Å²) in [6, 6.07) is 0. The highest BCUT2D eigenvalue weighted by Crippen LogP contribution is 2.26. The molecule has 0 unspecified atom stereocenters. The van der Waals surface area contributed by atoms with Crippen molar-refractivity contribution in [2.45, 2.75) is 24.4 Å². The van der Waals surface area contributed by atoms with Gasteiger partial charge in [0.15, 0.2) is 0 Å². The molecule has 8 heteroatoms. The molecule has 0 aliphatic carbocycles. The van der Waals surface area contributed by atoms with Crippen LogP contribution in [0.4, 0.5) is 0 Å². The predicted molar refractivity (Wildman–Crippen MR) is 74.6 cm³/mol. The second-order valence-corrected chi connectivity index (χ2v) is 5.04. The molecule has 130 valence electrons. The zero-order chi connectivity index (χ0) is 15.6. The molecule has 0 aromatic heterocycles. The highest BCUT2D eigenvalue weighted by molar-refractivity contribution is 4.89. The summed E-state index contributed by atoms with van der Waals surface area (Å²) in [5.41, 5.74) is 0. The van der Waals surface area contributed by atoms with Crippen LogP contribution in [0.15, 0.2) is 0 Å². The third-order valence-electron chi connectivity index (χ3n) is 3.57. The van der Waals surface area contributed by atoms with Crippen LogP contribution in [0.25, 0.3) is 0 Å². The minimum absolute atomic E-state index is 0.180. The first-order valence-electron chi connectivity index (χ1n) is 7.46. The zero-order valence-corrected chi connectivity index (χ0v) is 13.2. The number of hydrogen-bond donors (Lipinski definition) is 0. The van der Waals surface area contributed by atoms with Crippen molar-refractivity contribution in [2.24, 2.45) is 0 Å². The van der Waals surface area contributed by atoms with E-state index in [1.54, 1.807) is 14.2 Å². The summed E-state index contributed by atoms with van der Waals surface area (Å²) in [7, 11) is 3.28. The molecule has 4 atom stereocenters. The lowest BCUT2D eigenvalue weighted by Gasteiger charge is -2.43. The summed E-state index contributed by atoms with van der Waals surface area (Å²) in [5, 5.41) is 0. The van der Waals surface area contributed by atoms with E-state index in [9.17, 15) is 0 Å². The van der Waals surface area contributed by atoms with Crippen molar-refractivity contribution in [1.82, 2.24) is 0 Å². The van der Waals surface area contributed by atoms with Gasteiger partial charge in [0, 0.05) is 14.2 Å². The normalized spacial score (nSPS) is 31.9. The Bertz CT molecular complexity index is 262. The average molecular weight is 322 g/mol. The fourth-order valence-corrected chi connectivity index (χ4v) is 2.40. The van der Waals surface area contributed by atoms with E-state index in [-0.39, 0.29) is 38.0 Å². The van der Waals surface area contributed by atoms with Crippen LogP contribution in [0, 0.1) is 0 Å². The minimum Gasteiger partial charge on any atom is -0.382 e. The molecule has 2 aliphatic rings. The quantitative estimate of drug-likeness (QED) is 0.512. The highest BCUT2D eigenvalue weighted by Gasteiger charge is 2.44.